The summed E-state index contributed by atoms with van der Waals surface area (Å²) in [6.45, 7) is 3.15. The maximum Gasteiger partial charge on any atom is 0.416 e. The highest BCUT2D eigenvalue weighted by Gasteiger charge is 2.39. The molecule has 0 bridgehead atoms. The minimum Gasteiger partial charge on any atom is -0.381 e. The highest BCUT2D eigenvalue weighted by Crippen LogP contribution is 2.40. The lowest BCUT2D eigenvalue weighted by Crippen LogP contribution is -2.27. The Morgan fingerprint density at radius 3 is 1.75 bits per heavy atom. The van der Waals surface area contributed by atoms with Crippen LogP contribution in [-0.2, 0) is 11.8 Å². The fourth-order valence-corrected chi connectivity index (χ4v) is 2.42. The van der Waals surface area contributed by atoms with Gasteiger partial charge in [-0.1, -0.05) is 42.5 Å². The third kappa shape index (κ3) is 2.56. The Morgan fingerprint density at radius 1 is 0.800 bits per heavy atom. The van der Waals surface area contributed by atoms with Gasteiger partial charge < -0.3 is 5.11 Å². The molecule has 0 aliphatic carbocycles. The van der Waals surface area contributed by atoms with Crippen molar-refractivity contribution in [2.24, 2.45) is 0 Å². The SMILES string of the molecule is Cc1ccccc1C(C)(O)c1ccccc1C(F)(F)F. The fourth-order valence-electron chi connectivity index (χ4n) is 2.42. The van der Waals surface area contributed by atoms with Gasteiger partial charge in [0.2, 0.25) is 0 Å². The molecular formula is C16H15F3O. The van der Waals surface area contributed by atoms with Crippen LogP contribution in [-0.4, -0.2) is 5.11 Å². The molecule has 0 spiro atoms. The van der Waals surface area contributed by atoms with Crippen LogP contribution in [0.1, 0.15) is 29.2 Å². The van der Waals surface area contributed by atoms with Crippen molar-refractivity contribution in [2.45, 2.75) is 25.6 Å². The molecule has 0 saturated heterocycles. The average Bonchev–Trinajstić information content (AvgIpc) is 2.38. The predicted molar refractivity (Wildman–Crippen MR) is 71.3 cm³/mol. The molecule has 0 radical (unpaired) electrons. The van der Waals surface area contributed by atoms with Gasteiger partial charge in [-0.2, -0.15) is 13.2 Å². The van der Waals surface area contributed by atoms with Crippen molar-refractivity contribution in [1.29, 1.82) is 0 Å². The molecule has 1 atom stereocenters. The number of aliphatic hydroxyl groups is 1. The smallest absolute Gasteiger partial charge is 0.381 e. The first-order valence-electron chi connectivity index (χ1n) is 6.20. The molecule has 0 saturated carbocycles. The van der Waals surface area contributed by atoms with Gasteiger partial charge in [0.05, 0.1) is 5.56 Å². The zero-order valence-electron chi connectivity index (χ0n) is 11.2. The number of halogens is 3. The second kappa shape index (κ2) is 4.94. The number of hydrogen-bond acceptors (Lipinski definition) is 1. The second-order valence-electron chi connectivity index (χ2n) is 4.93. The number of aryl methyl sites for hydroxylation is 1. The molecule has 0 aliphatic rings. The molecule has 2 aromatic carbocycles. The molecule has 0 heterocycles. The Bertz CT molecular complexity index is 615. The van der Waals surface area contributed by atoms with E-state index < -0.39 is 17.3 Å². The maximum atomic E-state index is 13.1. The molecule has 2 aromatic rings. The summed E-state index contributed by atoms with van der Waals surface area (Å²) in [7, 11) is 0. The van der Waals surface area contributed by atoms with Crippen molar-refractivity contribution < 1.29 is 18.3 Å². The Labute approximate surface area is 115 Å². The summed E-state index contributed by atoms with van der Waals surface area (Å²) in [4.78, 5) is 0. The molecule has 4 heteroatoms. The van der Waals surface area contributed by atoms with Crippen LogP contribution in [0.4, 0.5) is 13.2 Å². The third-order valence-electron chi connectivity index (χ3n) is 3.43. The van der Waals surface area contributed by atoms with Gasteiger partial charge in [0.15, 0.2) is 0 Å². The minimum absolute atomic E-state index is 0.137. The van der Waals surface area contributed by atoms with E-state index in [-0.39, 0.29) is 5.56 Å². The molecule has 0 amide bonds. The minimum atomic E-state index is -4.50. The Morgan fingerprint density at radius 2 is 1.25 bits per heavy atom. The molecule has 0 fully saturated rings. The zero-order chi connectivity index (χ0) is 15.0. The first-order valence-corrected chi connectivity index (χ1v) is 6.20. The summed E-state index contributed by atoms with van der Waals surface area (Å²) < 4.78 is 39.3. The Balaban J connectivity index is 2.65. The molecule has 1 unspecified atom stereocenters. The van der Waals surface area contributed by atoms with E-state index in [0.29, 0.717) is 5.56 Å². The van der Waals surface area contributed by atoms with E-state index in [1.807, 2.05) is 0 Å². The lowest BCUT2D eigenvalue weighted by atomic mass is 9.83. The highest BCUT2D eigenvalue weighted by molar-refractivity contribution is 5.44. The largest absolute Gasteiger partial charge is 0.416 e. The van der Waals surface area contributed by atoms with Gasteiger partial charge in [0.1, 0.15) is 5.60 Å². The summed E-state index contributed by atoms with van der Waals surface area (Å²) in [5, 5.41) is 10.7. The van der Waals surface area contributed by atoms with Crippen molar-refractivity contribution in [3.8, 4) is 0 Å². The van der Waals surface area contributed by atoms with Crippen LogP contribution in [0.3, 0.4) is 0 Å². The van der Waals surface area contributed by atoms with Gasteiger partial charge in [-0.15, -0.1) is 0 Å². The summed E-state index contributed by atoms with van der Waals surface area (Å²) >= 11 is 0. The summed E-state index contributed by atoms with van der Waals surface area (Å²) in [5.41, 5.74) is -1.43. The number of benzene rings is 2. The highest BCUT2D eigenvalue weighted by atomic mass is 19.4. The van der Waals surface area contributed by atoms with Gasteiger partial charge in [-0.3, -0.25) is 0 Å². The monoisotopic (exact) mass is 280 g/mol. The van der Waals surface area contributed by atoms with Gasteiger partial charge >= 0.3 is 6.18 Å². The molecule has 20 heavy (non-hydrogen) atoms. The van der Waals surface area contributed by atoms with E-state index in [2.05, 4.69) is 0 Å². The van der Waals surface area contributed by atoms with Gasteiger partial charge in [0, 0.05) is 0 Å². The fraction of sp³-hybridized carbons (Fsp3) is 0.250. The average molecular weight is 280 g/mol. The molecule has 0 aliphatic heterocycles. The summed E-state index contributed by atoms with van der Waals surface area (Å²) in [5.74, 6) is 0. The molecule has 1 N–H and O–H groups in total. The third-order valence-corrected chi connectivity index (χ3v) is 3.43. The quantitative estimate of drug-likeness (QED) is 0.871. The normalized spacial score (nSPS) is 14.9. The Hall–Kier alpha value is -1.81. The van der Waals surface area contributed by atoms with Crippen LogP contribution in [0.5, 0.6) is 0 Å². The van der Waals surface area contributed by atoms with Crippen molar-refractivity contribution in [2.75, 3.05) is 0 Å². The molecule has 106 valence electrons. The van der Waals surface area contributed by atoms with E-state index >= 15 is 0 Å². The van der Waals surface area contributed by atoms with Crippen LogP contribution < -0.4 is 0 Å². The van der Waals surface area contributed by atoms with E-state index in [0.717, 1.165) is 11.6 Å². The second-order valence-corrected chi connectivity index (χ2v) is 4.93. The van der Waals surface area contributed by atoms with E-state index in [4.69, 9.17) is 0 Å². The van der Waals surface area contributed by atoms with E-state index in [9.17, 15) is 18.3 Å². The van der Waals surface area contributed by atoms with Gasteiger partial charge in [-0.25, -0.2) is 0 Å². The molecule has 0 aromatic heterocycles. The van der Waals surface area contributed by atoms with Crippen molar-refractivity contribution in [1.82, 2.24) is 0 Å². The number of alkyl halides is 3. The van der Waals surface area contributed by atoms with Crippen LogP contribution in [0.2, 0.25) is 0 Å². The van der Waals surface area contributed by atoms with Crippen LogP contribution in [0.25, 0.3) is 0 Å². The molecule has 1 nitrogen and oxygen atoms in total. The zero-order valence-corrected chi connectivity index (χ0v) is 11.2. The molecule has 2 rings (SSSR count). The van der Waals surface area contributed by atoms with Crippen molar-refractivity contribution in [3.63, 3.8) is 0 Å². The van der Waals surface area contributed by atoms with Crippen molar-refractivity contribution in [3.05, 3.63) is 70.8 Å². The summed E-state index contributed by atoms with van der Waals surface area (Å²) in [6, 6.07) is 12.0. The topological polar surface area (TPSA) is 20.2 Å². The van der Waals surface area contributed by atoms with Gasteiger partial charge in [-0.05, 0) is 36.6 Å². The Kier molecular flexibility index (Phi) is 3.61. The maximum absolute atomic E-state index is 13.1. The number of hydrogen-bond donors (Lipinski definition) is 1. The first kappa shape index (κ1) is 14.6. The predicted octanol–water partition coefficient (Wildman–Crippen LogP) is 4.27. The van der Waals surface area contributed by atoms with E-state index in [1.54, 1.807) is 31.2 Å². The lowest BCUT2D eigenvalue weighted by Gasteiger charge is -2.29. The van der Waals surface area contributed by atoms with Crippen molar-refractivity contribution >= 4 is 0 Å². The first-order chi connectivity index (χ1) is 9.24. The van der Waals surface area contributed by atoms with E-state index in [1.165, 1.54) is 25.1 Å². The molecular weight excluding hydrogens is 265 g/mol. The van der Waals surface area contributed by atoms with Gasteiger partial charge in [0.25, 0.3) is 0 Å². The number of rotatable bonds is 2. The van der Waals surface area contributed by atoms with Crippen LogP contribution >= 0.6 is 0 Å². The summed E-state index contributed by atoms with van der Waals surface area (Å²) in [6.07, 6.45) is -4.50. The van der Waals surface area contributed by atoms with Crippen LogP contribution in [0, 0.1) is 6.92 Å². The van der Waals surface area contributed by atoms with Crippen LogP contribution in [0.15, 0.2) is 48.5 Å². The standard InChI is InChI=1S/C16H15F3O/c1-11-7-3-4-8-12(11)15(2,20)13-9-5-6-10-14(13)16(17,18)19/h3-10,20H,1-2H3. The lowest BCUT2D eigenvalue weighted by molar-refractivity contribution is -0.139.